The van der Waals surface area contributed by atoms with E-state index < -0.39 is 17.3 Å². The van der Waals surface area contributed by atoms with E-state index in [1.165, 1.54) is 6.07 Å². The van der Waals surface area contributed by atoms with Crippen LogP contribution >= 0.6 is 11.6 Å². The van der Waals surface area contributed by atoms with Crippen molar-refractivity contribution in [2.75, 3.05) is 0 Å². The molecule has 1 aromatic carbocycles. The van der Waals surface area contributed by atoms with Crippen LogP contribution in [0.2, 0.25) is 5.02 Å². The first-order chi connectivity index (χ1) is 7.91. The van der Waals surface area contributed by atoms with Crippen LogP contribution in [0.25, 0.3) is 0 Å². The minimum atomic E-state index is -0.950. The number of nitrogens with one attached hydrogen (secondary N) is 1. The van der Waals surface area contributed by atoms with Gasteiger partial charge in [-0.2, -0.15) is 5.26 Å². The molecule has 1 amide bonds. The Morgan fingerprint density at radius 2 is 2.29 bits per heavy atom. The molecule has 1 rings (SSSR count). The van der Waals surface area contributed by atoms with Gasteiger partial charge in [-0.25, -0.2) is 4.39 Å². The molecule has 0 aliphatic carbocycles. The van der Waals surface area contributed by atoms with E-state index in [4.69, 9.17) is 16.9 Å². The van der Waals surface area contributed by atoms with Crippen LogP contribution in [0.5, 0.6) is 0 Å². The summed E-state index contributed by atoms with van der Waals surface area (Å²) in [7, 11) is 0. The Hall–Kier alpha value is -1.60. The van der Waals surface area contributed by atoms with Gasteiger partial charge in [0, 0.05) is 0 Å². The predicted molar refractivity (Wildman–Crippen MR) is 63.2 cm³/mol. The van der Waals surface area contributed by atoms with Crippen LogP contribution in [0.4, 0.5) is 4.39 Å². The fraction of sp³-hybridized carbons (Fsp3) is 0.333. The van der Waals surface area contributed by atoms with Gasteiger partial charge in [0.25, 0.3) is 5.91 Å². The lowest BCUT2D eigenvalue weighted by Gasteiger charge is -2.21. The Morgan fingerprint density at radius 1 is 1.65 bits per heavy atom. The van der Waals surface area contributed by atoms with Gasteiger partial charge in [-0.15, -0.1) is 0 Å². The molecule has 1 unspecified atom stereocenters. The average Bonchev–Trinajstić information content (AvgIpc) is 2.28. The van der Waals surface area contributed by atoms with Crippen LogP contribution in [0.3, 0.4) is 0 Å². The lowest BCUT2D eigenvalue weighted by Crippen LogP contribution is -2.44. The summed E-state index contributed by atoms with van der Waals surface area (Å²) in [6.45, 7) is 3.40. The quantitative estimate of drug-likeness (QED) is 0.902. The third-order valence-electron chi connectivity index (χ3n) is 2.52. The molecule has 0 aliphatic heterocycles. The van der Waals surface area contributed by atoms with E-state index >= 15 is 0 Å². The van der Waals surface area contributed by atoms with Gasteiger partial charge in [-0.1, -0.05) is 18.5 Å². The Kier molecular flexibility index (Phi) is 4.08. The summed E-state index contributed by atoms with van der Waals surface area (Å²) in [6.07, 6.45) is 0.466. The summed E-state index contributed by atoms with van der Waals surface area (Å²) < 4.78 is 12.8. The maximum Gasteiger partial charge on any atom is 0.254 e. The average molecular weight is 255 g/mol. The van der Waals surface area contributed by atoms with E-state index in [-0.39, 0.29) is 10.6 Å². The van der Waals surface area contributed by atoms with Crippen molar-refractivity contribution >= 4 is 17.5 Å². The number of carbonyl (C=O) groups excluding carboxylic acids is 1. The first kappa shape index (κ1) is 13.5. The van der Waals surface area contributed by atoms with Gasteiger partial charge < -0.3 is 5.32 Å². The summed E-state index contributed by atoms with van der Waals surface area (Å²) in [4.78, 5) is 11.8. The minimum absolute atomic E-state index is 0.0268. The highest BCUT2D eigenvalue weighted by Crippen LogP contribution is 2.18. The zero-order chi connectivity index (χ0) is 13.1. The van der Waals surface area contributed by atoms with Gasteiger partial charge in [-0.05, 0) is 31.5 Å². The topological polar surface area (TPSA) is 52.9 Å². The normalized spacial score (nSPS) is 13.6. The molecule has 90 valence electrons. The molecule has 1 aromatic rings. The number of hydrogen-bond acceptors (Lipinski definition) is 2. The van der Waals surface area contributed by atoms with Crippen molar-refractivity contribution in [2.45, 2.75) is 25.8 Å². The van der Waals surface area contributed by atoms with E-state index in [2.05, 4.69) is 5.32 Å². The standard InChI is InChI=1S/C12H12ClFN2O/c1-3-12(2,7-15)16-11(17)9-5-4-8(14)6-10(9)13/h4-6H,3H2,1-2H3,(H,16,17). The van der Waals surface area contributed by atoms with Crippen molar-refractivity contribution in [1.29, 1.82) is 5.26 Å². The maximum absolute atomic E-state index is 12.8. The zero-order valence-electron chi connectivity index (χ0n) is 9.55. The van der Waals surface area contributed by atoms with Crippen molar-refractivity contribution in [3.63, 3.8) is 0 Å². The molecule has 0 spiro atoms. The van der Waals surface area contributed by atoms with Gasteiger partial charge >= 0.3 is 0 Å². The molecular formula is C12H12ClFN2O. The lowest BCUT2D eigenvalue weighted by molar-refractivity contribution is 0.0923. The van der Waals surface area contributed by atoms with E-state index in [0.29, 0.717) is 6.42 Å². The third kappa shape index (κ3) is 3.18. The zero-order valence-corrected chi connectivity index (χ0v) is 10.3. The second kappa shape index (κ2) is 5.15. The Balaban J connectivity index is 2.95. The molecule has 0 saturated carbocycles. The predicted octanol–water partition coefficient (Wildman–Crippen LogP) is 2.90. The summed E-state index contributed by atoms with van der Waals surface area (Å²) in [5, 5.41) is 11.5. The maximum atomic E-state index is 12.8. The van der Waals surface area contributed by atoms with Crippen LogP contribution in [0.15, 0.2) is 18.2 Å². The third-order valence-corrected chi connectivity index (χ3v) is 2.83. The molecule has 1 N–H and O–H groups in total. The summed E-state index contributed by atoms with van der Waals surface area (Å²) >= 11 is 5.76. The van der Waals surface area contributed by atoms with Crippen LogP contribution in [-0.4, -0.2) is 11.4 Å². The molecule has 17 heavy (non-hydrogen) atoms. The van der Waals surface area contributed by atoms with Crippen LogP contribution < -0.4 is 5.32 Å². The fourth-order valence-corrected chi connectivity index (χ4v) is 1.44. The number of nitrogens with zero attached hydrogens (tertiary/aromatic N) is 1. The van der Waals surface area contributed by atoms with Crippen molar-refractivity contribution in [2.24, 2.45) is 0 Å². The number of halogens is 2. The largest absolute Gasteiger partial charge is 0.334 e. The molecule has 0 radical (unpaired) electrons. The monoisotopic (exact) mass is 254 g/mol. The van der Waals surface area contributed by atoms with Gasteiger partial charge in [0.1, 0.15) is 11.4 Å². The first-order valence-electron chi connectivity index (χ1n) is 5.10. The molecule has 0 bridgehead atoms. The molecule has 0 saturated heterocycles. The number of nitriles is 1. The lowest BCUT2D eigenvalue weighted by atomic mass is 10.0. The summed E-state index contributed by atoms with van der Waals surface area (Å²) in [5.74, 6) is -0.994. The molecule has 1 atom stereocenters. The van der Waals surface area contributed by atoms with Crippen LogP contribution in [0, 0.1) is 17.1 Å². The van der Waals surface area contributed by atoms with Gasteiger partial charge in [0.05, 0.1) is 16.7 Å². The molecule has 3 nitrogen and oxygen atoms in total. The molecule has 0 heterocycles. The highest BCUT2D eigenvalue weighted by Gasteiger charge is 2.25. The minimum Gasteiger partial charge on any atom is -0.334 e. The SMILES string of the molecule is CCC(C)(C#N)NC(=O)c1ccc(F)cc1Cl. The highest BCUT2D eigenvalue weighted by atomic mass is 35.5. The Morgan fingerprint density at radius 3 is 2.76 bits per heavy atom. The fourth-order valence-electron chi connectivity index (χ4n) is 1.19. The molecule has 5 heteroatoms. The van der Waals surface area contributed by atoms with E-state index in [0.717, 1.165) is 12.1 Å². The van der Waals surface area contributed by atoms with E-state index in [1.54, 1.807) is 13.8 Å². The molecule has 0 aliphatic rings. The molecule has 0 aromatic heterocycles. The number of benzene rings is 1. The number of rotatable bonds is 3. The summed E-state index contributed by atoms with van der Waals surface area (Å²) in [5.41, 5.74) is -0.794. The Labute approximate surface area is 104 Å². The summed E-state index contributed by atoms with van der Waals surface area (Å²) in [6, 6.07) is 5.51. The van der Waals surface area contributed by atoms with Gasteiger partial charge in [0.2, 0.25) is 0 Å². The number of amides is 1. The smallest absolute Gasteiger partial charge is 0.254 e. The van der Waals surface area contributed by atoms with E-state index in [9.17, 15) is 9.18 Å². The number of carbonyl (C=O) groups is 1. The van der Waals surface area contributed by atoms with Gasteiger partial charge in [-0.3, -0.25) is 4.79 Å². The second-order valence-electron chi connectivity index (χ2n) is 3.88. The van der Waals surface area contributed by atoms with Crippen molar-refractivity contribution in [3.05, 3.63) is 34.6 Å². The van der Waals surface area contributed by atoms with Crippen LogP contribution in [-0.2, 0) is 0 Å². The molecule has 0 fully saturated rings. The first-order valence-corrected chi connectivity index (χ1v) is 5.48. The number of hydrogen-bond donors (Lipinski definition) is 1. The van der Waals surface area contributed by atoms with Crippen molar-refractivity contribution < 1.29 is 9.18 Å². The molecular weight excluding hydrogens is 243 g/mol. The highest BCUT2D eigenvalue weighted by molar-refractivity contribution is 6.33. The van der Waals surface area contributed by atoms with Crippen molar-refractivity contribution in [1.82, 2.24) is 5.32 Å². The second-order valence-corrected chi connectivity index (χ2v) is 4.28. The van der Waals surface area contributed by atoms with Gasteiger partial charge in [0.15, 0.2) is 0 Å². The Bertz CT molecular complexity index is 484. The van der Waals surface area contributed by atoms with Crippen molar-refractivity contribution in [3.8, 4) is 6.07 Å². The van der Waals surface area contributed by atoms with Crippen LogP contribution in [0.1, 0.15) is 30.6 Å². The van der Waals surface area contributed by atoms with E-state index in [1.807, 2.05) is 6.07 Å².